The average Bonchev–Trinajstić information content (AvgIpc) is 2.27. The third-order valence-electron chi connectivity index (χ3n) is 2.10. The van der Waals surface area contributed by atoms with E-state index in [1.807, 2.05) is 30.5 Å². The Morgan fingerprint density at radius 3 is 2.56 bits per heavy atom. The number of carbonyl (C=O) groups excluding carboxylic acids is 1. The normalized spacial score (nSPS) is 12.1. The number of hydrogen-bond acceptors (Lipinski definition) is 4. The second kappa shape index (κ2) is 6.40. The summed E-state index contributed by atoms with van der Waals surface area (Å²) in [5, 5.41) is 0. The minimum absolute atomic E-state index is 0.152. The highest BCUT2D eigenvalue weighted by atomic mass is 32.2. The topological polar surface area (TPSA) is 78.3 Å². The van der Waals surface area contributed by atoms with Crippen molar-refractivity contribution in [2.24, 2.45) is 11.5 Å². The molecule has 1 unspecified atom stereocenters. The van der Waals surface area contributed by atoms with Crippen LogP contribution in [0.3, 0.4) is 0 Å². The highest BCUT2D eigenvalue weighted by Crippen LogP contribution is 2.15. The number of ether oxygens (including phenoxy) is 1. The van der Waals surface area contributed by atoms with E-state index in [0.717, 1.165) is 5.56 Å². The quantitative estimate of drug-likeness (QED) is 0.762. The third kappa shape index (κ3) is 4.55. The van der Waals surface area contributed by atoms with Crippen molar-refractivity contribution in [3.05, 3.63) is 29.8 Å². The molecule has 0 aliphatic carbocycles. The second-order valence-corrected chi connectivity index (χ2v) is 4.32. The standard InChI is InChI=1S/C11H16N2O2S/c1-16-10-4-2-8(3-5-10)6-9(12)7-15-11(13)14/h2-5,9H,6-7,12H2,1H3,(H2,13,14). The molecule has 0 saturated carbocycles. The molecule has 0 spiro atoms. The molecule has 4 N–H and O–H groups in total. The van der Waals surface area contributed by atoms with Crippen molar-refractivity contribution in [3.8, 4) is 0 Å². The molecule has 1 amide bonds. The van der Waals surface area contributed by atoms with Gasteiger partial charge in [0.1, 0.15) is 6.61 Å². The van der Waals surface area contributed by atoms with Crippen molar-refractivity contribution in [3.63, 3.8) is 0 Å². The first kappa shape index (κ1) is 12.9. The van der Waals surface area contributed by atoms with Crippen LogP contribution < -0.4 is 11.5 Å². The molecule has 0 fully saturated rings. The Morgan fingerprint density at radius 1 is 1.44 bits per heavy atom. The van der Waals surface area contributed by atoms with Crippen molar-refractivity contribution in [2.75, 3.05) is 12.9 Å². The van der Waals surface area contributed by atoms with E-state index < -0.39 is 6.09 Å². The maximum atomic E-state index is 10.4. The van der Waals surface area contributed by atoms with Gasteiger partial charge in [-0.3, -0.25) is 0 Å². The highest BCUT2D eigenvalue weighted by molar-refractivity contribution is 7.98. The van der Waals surface area contributed by atoms with Gasteiger partial charge in [-0.15, -0.1) is 11.8 Å². The van der Waals surface area contributed by atoms with E-state index in [9.17, 15) is 4.79 Å². The van der Waals surface area contributed by atoms with Gasteiger partial charge in [-0.1, -0.05) is 12.1 Å². The molecule has 0 saturated heterocycles. The monoisotopic (exact) mass is 240 g/mol. The fraction of sp³-hybridized carbons (Fsp3) is 0.364. The van der Waals surface area contributed by atoms with Crippen LogP contribution in [0.4, 0.5) is 4.79 Å². The molecular weight excluding hydrogens is 224 g/mol. The zero-order valence-corrected chi connectivity index (χ0v) is 10.00. The van der Waals surface area contributed by atoms with Crippen molar-refractivity contribution in [1.82, 2.24) is 0 Å². The molecule has 4 nitrogen and oxygen atoms in total. The van der Waals surface area contributed by atoms with Crippen LogP contribution in [0.5, 0.6) is 0 Å². The number of hydrogen-bond donors (Lipinski definition) is 2. The van der Waals surface area contributed by atoms with E-state index >= 15 is 0 Å². The number of rotatable bonds is 5. The summed E-state index contributed by atoms with van der Waals surface area (Å²) in [7, 11) is 0. The summed E-state index contributed by atoms with van der Waals surface area (Å²) in [6.07, 6.45) is 1.91. The first-order chi connectivity index (χ1) is 7.61. The molecule has 5 heteroatoms. The van der Waals surface area contributed by atoms with Crippen LogP contribution in [0.15, 0.2) is 29.2 Å². The lowest BCUT2D eigenvalue weighted by molar-refractivity contribution is 0.149. The van der Waals surface area contributed by atoms with Gasteiger partial charge in [0.05, 0.1) is 0 Å². The van der Waals surface area contributed by atoms with Gasteiger partial charge >= 0.3 is 6.09 Å². The second-order valence-electron chi connectivity index (χ2n) is 3.44. The molecule has 1 aromatic rings. The molecule has 16 heavy (non-hydrogen) atoms. The predicted molar refractivity (Wildman–Crippen MR) is 65.4 cm³/mol. The summed E-state index contributed by atoms with van der Waals surface area (Å²) in [5.74, 6) is 0. The summed E-state index contributed by atoms with van der Waals surface area (Å²) in [6, 6.07) is 7.92. The van der Waals surface area contributed by atoms with Crippen LogP contribution in [0, 0.1) is 0 Å². The molecule has 0 aliphatic rings. The molecule has 0 heterocycles. The molecule has 0 aliphatic heterocycles. The maximum Gasteiger partial charge on any atom is 0.404 e. The average molecular weight is 240 g/mol. The summed E-state index contributed by atoms with van der Waals surface area (Å²) in [6.45, 7) is 0.152. The number of primary amides is 1. The van der Waals surface area contributed by atoms with Crippen molar-refractivity contribution in [2.45, 2.75) is 17.4 Å². The van der Waals surface area contributed by atoms with Gasteiger partial charge in [-0.2, -0.15) is 0 Å². The predicted octanol–water partition coefficient (Wildman–Crippen LogP) is 1.37. The van der Waals surface area contributed by atoms with Gasteiger partial charge in [-0.05, 0) is 30.4 Å². The number of thioether (sulfide) groups is 1. The Hall–Kier alpha value is -1.20. The smallest absolute Gasteiger partial charge is 0.404 e. The summed E-state index contributed by atoms with van der Waals surface area (Å²) >= 11 is 1.69. The third-order valence-corrected chi connectivity index (χ3v) is 2.84. The van der Waals surface area contributed by atoms with Gasteiger partial charge in [-0.25, -0.2) is 4.79 Å². The zero-order valence-electron chi connectivity index (χ0n) is 9.18. The Kier molecular flexibility index (Phi) is 5.14. The number of benzene rings is 1. The molecule has 0 radical (unpaired) electrons. The van der Waals surface area contributed by atoms with Crippen LogP contribution in [0.1, 0.15) is 5.56 Å². The summed E-state index contributed by atoms with van der Waals surface area (Å²) in [5.41, 5.74) is 11.8. The Morgan fingerprint density at radius 2 is 2.06 bits per heavy atom. The molecule has 0 bridgehead atoms. The van der Waals surface area contributed by atoms with Crippen LogP contribution in [0.2, 0.25) is 0 Å². The van der Waals surface area contributed by atoms with Crippen LogP contribution in [-0.4, -0.2) is 25.0 Å². The maximum absolute atomic E-state index is 10.4. The van der Waals surface area contributed by atoms with E-state index in [1.54, 1.807) is 11.8 Å². The lowest BCUT2D eigenvalue weighted by atomic mass is 10.1. The van der Waals surface area contributed by atoms with Gasteiger partial charge in [0.2, 0.25) is 0 Å². The lowest BCUT2D eigenvalue weighted by Crippen LogP contribution is -2.31. The van der Waals surface area contributed by atoms with Crippen LogP contribution in [0.25, 0.3) is 0 Å². The molecular formula is C11H16N2O2S. The van der Waals surface area contributed by atoms with Crippen LogP contribution in [-0.2, 0) is 11.2 Å². The van der Waals surface area contributed by atoms with Crippen molar-refractivity contribution in [1.29, 1.82) is 0 Å². The van der Waals surface area contributed by atoms with Gasteiger partial charge in [0.15, 0.2) is 0 Å². The van der Waals surface area contributed by atoms with Crippen molar-refractivity contribution >= 4 is 17.9 Å². The molecule has 1 aromatic carbocycles. The Bertz CT molecular complexity index is 340. The van der Waals surface area contributed by atoms with E-state index in [0.29, 0.717) is 6.42 Å². The molecule has 88 valence electrons. The van der Waals surface area contributed by atoms with Gasteiger partial charge < -0.3 is 16.2 Å². The first-order valence-electron chi connectivity index (χ1n) is 4.92. The summed E-state index contributed by atoms with van der Waals surface area (Å²) < 4.78 is 4.63. The van der Waals surface area contributed by atoms with E-state index in [-0.39, 0.29) is 12.6 Å². The summed E-state index contributed by atoms with van der Waals surface area (Å²) in [4.78, 5) is 11.6. The number of carbonyl (C=O) groups is 1. The molecule has 1 rings (SSSR count). The molecule has 0 aromatic heterocycles. The number of nitrogens with two attached hydrogens (primary N) is 2. The van der Waals surface area contributed by atoms with Crippen molar-refractivity contribution < 1.29 is 9.53 Å². The lowest BCUT2D eigenvalue weighted by Gasteiger charge is -2.11. The Balaban J connectivity index is 2.43. The fourth-order valence-electron chi connectivity index (χ4n) is 1.31. The minimum atomic E-state index is -0.784. The molecule has 1 atom stereocenters. The first-order valence-corrected chi connectivity index (χ1v) is 6.15. The van der Waals surface area contributed by atoms with Gasteiger partial charge in [0.25, 0.3) is 0 Å². The van der Waals surface area contributed by atoms with E-state index in [4.69, 9.17) is 11.5 Å². The largest absolute Gasteiger partial charge is 0.448 e. The number of amides is 1. The fourth-order valence-corrected chi connectivity index (χ4v) is 1.72. The highest BCUT2D eigenvalue weighted by Gasteiger charge is 2.06. The Labute approximate surface area is 99.3 Å². The van der Waals surface area contributed by atoms with E-state index in [2.05, 4.69) is 4.74 Å². The van der Waals surface area contributed by atoms with Gasteiger partial charge in [0, 0.05) is 10.9 Å². The minimum Gasteiger partial charge on any atom is -0.448 e. The van der Waals surface area contributed by atoms with Crippen LogP contribution >= 0.6 is 11.8 Å². The zero-order chi connectivity index (χ0) is 12.0. The van der Waals surface area contributed by atoms with E-state index in [1.165, 1.54) is 4.90 Å². The SMILES string of the molecule is CSc1ccc(CC(N)COC(N)=O)cc1.